The maximum atomic E-state index is 5.80. The number of aryl methyl sites for hydroxylation is 1. The van der Waals surface area contributed by atoms with Crippen LogP contribution in [0, 0.1) is 6.92 Å². The number of hydrogen-bond donors (Lipinski definition) is 1. The standard InChI is InChI=1S/C9H10BrN3S3/c1-5-12-13-9(14-5)16-7(4-11)6-2-3-8(10)15-6/h2-3,7H,4,11H2,1H3. The third-order valence-electron chi connectivity index (χ3n) is 1.88. The number of nitrogens with two attached hydrogens (primary N) is 1. The van der Waals surface area contributed by atoms with E-state index in [1.54, 1.807) is 34.4 Å². The molecule has 1 unspecified atom stereocenters. The highest BCUT2D eigenvalue weighted by Gasteiger charge is 2.15. The summed E-state index contributed by atoms with van der Waals surface area (Å²) < 4.78 is 2.12. The van der Waals surface area contributed by atoms with Crippen LogP contribution in [0.15, 0.2) is 20.3 Å². The van der Waals surface area contributed by atoms with Crippen molar-refractivity contribution in [3.63, 3.8) is 0 Å². The van der Waals surface area contributed by atoms with Crippen molar-refractivity contribution in [3.05, 3.63) is 25.8 Å². The molecule has 0 radical (unpaired) electrons. The van der Waals surface area contributed by atoms with Crippen molar-refractivity contribution in [2.24, 2.45) is 5.73 Å². The van der Waals surface area contributed by atoms with Gasteiger partial charge >= 0.3 is 0 Å². The molecular formula is C9H10BrN3S3. The maximum absolute atomic E-state index is 5.80. The van der Waals surface area contributed by atoms with E-state index in [0.29, 0.717) is 6.54 Å². The Bertz CT molecular complexity index is 468. The third kappa shape index (κ3) is 3.04. The molecule has 0 aliphatic carbocycles. The molecule has 2 N–H and O–H groups in total. The fraction of sp³-hybridized carbons (Fsp3) is 0.333. The summed E-state index contributed by atoms with van der Waals surface area (Å²) >= 11 is 8.48. The van der Waals surface area contributed by atoms with Gasteiger partial charge in [-0.15, -0.1) is 21.5 Å². The summed E-state index contributed by atoms with van der Waals surface area (Å²) in [5.74, 6) is 0. The quantitative estimate of drug-likeness (QED) is 0.869. The van der Waals surface area contributed by atoms with Crippen molar-refractivity contribution < 1.29 is 0 Å². The molecule has 0 aromatic carbocycles. The van der Waals surface area contributed by atoms with Gasteiger partial charge in [0.25, 0.3) is 0 Å². The molecule has 2 rings (SSSR count). The fourth-order valence-corrected chi connectivity index (χ4v) is 4.82. The van der Waals surface area contributed by atoms with Gasteiger partial charge in [-0.25, -0.2) is 0 Å². The van der Waals surface area contributed by atoms with Crippen molar-refractivity contribution in [2.75, 3.05) is 6.54 Å². The highest BCUT2D eigenvalue weighted by Crippen LogP contribution is 2.39. The second kappa shape index (κ2) is 5.59. The van der Waals surface area contributed by atoms with E-state index in [9.17, 15) is 0 Å². The zero-order valence-electron chi connectivity index (χ0n) is 8.51. The lowest BCUT2D eigenvalue weighted by Gasteiger charge is -2.09. The summed E-state index contributed by atoms with van der Waals surface area (Å²) in [7, 11) is 0. The van der Waals surface area contributed by atoms with Crippen LogP contribution in [-0.2, 0) is 0 Å². The molecule has 1 atom stereocenters. The monoisotopic (exact) mass is 335 g/mol. The molecule has 86 valence electrons. The molecule has 0 aliphatic heterocycles. The van der Waals surface area contributed by atoms with Gasteiger partial charge in [-0.1, -0.05) is 23.1 Å². The molecule has 2 aromatic heterocycles. The Kier molecular flexibility index (Phi) is 4.37. The molecule has 0 aliphatic rings. The van der Waals surface area contributed by atoms with Crippen LogP contribution < -0.4 is 5.73 Å². The normalized spacial score (nSPS) is 12.9. The SMILES string of the molecule is Cc1nnc(SC(CN)c2ccc(Br)s2)s1. The summed E-state index contributed by atoms with van der Waals surface area (Å²) in [5.41, 5.74) is 5.80. The van der Waals surface area contributed by atoms with Crippen molar-refractivity contribution in [2.45, 2.75) is 16.5 Å². The van der Waals surface area contributed by atoms with Crippen molar-refractivity contribution in [1.82, 2.24) is 10.2 Å². The van der Waals surface area contributed by atoms with Crippen LogP contribution in [0.1, 0.15) is 15.1 Å². The zero-order valence-corrected chi connectivity index (χ0v) is 12.5. The van der Waals surface area contributed by atoms with Gasteiger partial charge < -0.3 is 5.73 Å². The predicted octanol–water partition coefficient (Wildman–Crippen LogP) is 3.46. The van der Waals surface area contributed by atoms with Crippen molar-refractivity contribution >= 4 is 50.4 Å². The first kappa shape index (κ1) is 12.5. The zero-order chi connectivity index (χ0) is 11.5. The molecule has 0 amide bonds. The van der Waals surface area contributed by atoms with Gasteiger partial charge in [0.1, 0.15) is 5.01 Å². The number of thioether (sulfide) groups is 1. The van der Waals surface area contributed by atoms with E-state index in [-0.39, 0.29) is 5.25 Å². The van der Waals surface area contributed by atoms with Crippen molar-refractivity contribution in [3.8, 4) is 0 Å². The Balaban J connectivity index is 2.12. The maximum Gasteiger partial charge on any atom is 0.174 e. The average Bonchev–Trinajstić information content (AvgIpc) is 2.84. The van der Waals surface area contributed by atoms with Gasteiger partial charge in [-0.05, 0) is 35.0 Å². The van der Waals surface area contributed by atoms with E-state index < -0.39 is 0 Å². The number of nitrogens with zero attached hydrogens (tertiary/aromatic N) is 2. The molecule has 0 saturated carbocycles. The summed E-state index contributed by atoms with van der Waals surface area (Å²) in [4.78, 5) is 1.27. The van der Waals surface area contributed by atoms with Crippen LogP contribution in [-0.4, -0.2) is 16.7 Å². The number of aromatic nitrogens is 2. The van der Waals surface area contributed by atoms with Gasteiger partial charge in [-0.3, -0.25) is 0 Å². The Morgan fingerprint density at radius 3 is 2.75 bits per heavy atom. The Morgan fingerprint density at radius 1 is 1.44 bits per heavy atom. The van der Waals surface area contributed by atoms with Crippen LogP contribution in [0.4, 0.5) is 0 Å². The summed E-state index contributed by atoms with van der Waals surface area (Å²) in [6, 6.07) is 4.15. The van der Waals surface area contributed by atoms with E-state index in [1.807, 2.05) is 6.92 Å². The molecule has 2 heterocycles. The van der Waals surface area contributed by atoms with Gasteiger partial charge in [0, 0.05) is 11.4 Å². The first-order valence-corrected chi connectivity index (χ1v) is 7.91. The van der Waals surface area contributed by atoms with Crippen molar-refractivity contribution in [1.29, 1.82) is 0 Å². The van der Waals surface area contributed by atoms with Crippen LogP contribution >= 0.6 is 50.4 Å². The second-order valence-electron chi connectivity index (χ2n) is 3.07. The minimum absolute atomic E-state index is 0.267. The first-order chi connectivity index (χ1) is 7.69. The Morgan fingerprint density at radius 2 is 2.25 bits per heavy atom. The topological polar surface area (TPSA) is 51.8 Å². The van der Waals surface area contributed by atoms with E-state index in [4.69, 9.17) is 5.73 Å². The lowest BCUT2D eigenvalue weighted by Crippen LogP contribution is -2.07. The summed E-state index contributed by atoms with van der Waals surface area (Å²) in [5, 5.41) is 9.37. The minimum atomic E-state index is 0.267. The van der Waals surface area contributed by atoms with Crippen LogP contribution in [0.3, 0.4) is 0 Å². The van der Waals surface area contributed by atoms with Crippen LogP contribution in [0.5, 0.6) is 0 Å². The van der Waals surface area contributed by atoms with Crippen LogP contribution in [0.25, 0.3) is 0 Å². The summed E-state index contributed by atoms with van der Waals surface area (Å²) in [6.45, 7) is 2.57. The Hall–Kier alpha value is 0.0500. The number of halogens is 1. The number of hydrogen-bond acceptors (Lipinski definition) is 6. The molecule has 16 heavy (non-hydrogen) atoms. The largest absolute Gasteiger partial charge is 0.329 e. The van der Waals surface area contributed by atoms with E-state index in [2.05, 4.69) is 38.3 Å². The molecule has 0 bridgehead atoms. The highest BCUT2D eigenvalue weighted by molar-refractivity contribution is 9.11. The predicted molar refractivity (Wildman–Crippen MR) is 74.3 cm³/mol. The lowest BCUT2D eigenvalue weighted by molar-refractivity contribution is 0.942. The lowest BCUT2D eigenvalue weighted by atomic mass is 10.3. The smallest absolute Gasteiger partial charge is 0.174 e. The molecule has 3 nitrogen and oxygen atoms in total. The van der Waals surface area contributed by atoms with Gasteiger partial charge in [0.05, 0.1) is 9.04 Å². The van der Waals surface area contributed by atoms with Gasteiger partial charge in [0.15, 0.2) is 4.34 Å². The molecule has 0 spiro atoms. The van der Waals surface area contributed by atoms with Gasteiger partial charge in [-0.2, -0.15) is 0 Å². The van der Waals surface area contributed by atoms with E-state index in [1.165, 1.54) is 4.88 Å². The second-order valence-corrected chi connectivity index (χ2v) is 8.20. The molecule has 0 saturated heterocycles. The first-order valence-electron chi connectivity index (χ1n) is 4.61. The Labute approximate surface area is 115 Å². The van der Waals surface area contributed by atoms with Crippen LogP contribution in [0.2, 0.25) is 0 Å². The number of rotatable bonds is 4. The van der Waals surface area contributed by atoms with Gasteiger partial charge in [0.2, 0.25) is 0 Å². The average molecular weight is 336 g/mol. The minimum Gasteiger partial charge on any atom is -0.329 e. The third-order valence-corrected chi connectivity index (χ3v) is 5.95. The molecular weight excluding hydrogens is 326 g/mol. The highest BCUT2D eigenvalue weighted by atomic mass is 79.9. The summed E-state index contributed by atoms with van der Waals surface area (Å²) in [6.07, 6.45) is 0. The molecule has 2 aromatic rings. The fourth-order valence-electron chi connectivity index (χ4n) is 1.17. The molecule has 0 fully saturated rings. The number of thiophene rings is 1. The van der Waals surface area contributed by atoms with E-state index in [0.717, 1.165) is 13.1 Å². The molecule has 7 heteroatoms. The van der Waals surface area contributed by atoms with E-state index >= 15 is 0 Å².